The number of nitrogens with two attached hydrogens (primary N) is 2. The molecule has 4 aromatic rings. The minimum atomic E-state index is -0.654. The van der Waals surface area contributed by atoms with Crippen LogP contribution in [0.2, 0.25) is 0 Å². The van der Waals surface area contributed by atoms with Gasteiger partial charge in [0.2, 0.25) is 11.4 Å². The number of methoxy groups -OCH3 is 2. The molecule has 2 aromatic heterocycles. The fourth-order valence-corrected chi connectivity index (χ4v) is 4.67. The number of pyridine rings is 1. The summed E-state index contributed by atoms with van der Waals surface area (Å²) in [5.41, 5.74) is 14.6. The molecule has 1 fully saturated rings. The fraction of sp³-hybridized carbons (Fsp3) is 0.267. The summed E-state index contributed by atoms with van der Waals surface area (Å²) < 4.78 is 18.1. The van der Waals surface area contributed by atoms with Gasteiger partial charge in [-0.05, 0) is 49.6 Å². The van der Waals surface area contributed by atoms with Gasteiger partial charge in [0.1, 0.15) is 11.4 Å². The summed E-state index contributed by atoms with van der Waals surface area (Å²) in [7, 11) is 3.13. The topological polar surface area (TPSA) is 145 Å². The molecule has 0 saturated heterocycles. The molecule has 1 aliphatic rings. The third-order valence-corrected chi connectivity index (χ3v) is 6.69. The molecule has 10 heteroatoms. The Hall–Kier alpha value is -5.04. The predicted octanol–water partition coefficient (Wildman–Crippen LogP) is 3.48. The van der Waals surface area contributed by atoms with Crippen LogP contribution < -0.4 is 26.4 Å². The van der Waals surface area contributed by atoms with Gasteiger partial charge in [-0.15, -0.1) is 0 Å². The van der Waals surface area contributed by atoms with Crippen molar-refractivity contribution in [1.29, 1.82) is 0 Å². The van der Waals surface area contributed by atoms with Crippen LogP contribution in [0.15, 0.2) is 47.5 Å². The van der Waals surface area contributed by atoms with Crippen molar-refractivity contribution in [2.24, 2.45) is 0 Å². The molecular formula is C30H29N5O5. The van der Waals surface area contributed by atoms with Crippen LogP contribution in [-0.2, 0) is 11.2 Å². The van der Waals surface area contributed by atoms with Crippen LogP contribution in [0.3, 0.4) is 0 Å². The third kappa shape index (κ3) is 5.14. The van der Waals surface area contributed by atoms with Gasteiger partial charge >= 0.3 is 5.97 Å². The molecule has 0 bridgehead atoms. The lowest BCUT2D eigenvalue weighted by molar-refractivity contribution is 0.0524. The molecule has 40 heavy (non-hydrogen) atoms. The van der Waals surface area contributed by atoms with E-state index in [0.29, 0.717) is 44.7 Å². The van der Waals surface area contributed by atoms with Crippen molar-refractivity contribution in [1.82, 2.24) is 14.5 Å². The molecule has 1 saturated carbocycles. The van der Waals surface area contributed by atoms with Crippen molar-refractivity contribution in [3.8, 4) is 23.3 Å². The van der Waals surface area contributed by atoms with Crippen molar-refractivity contribution in [3.63, 3.8) is 0 Å². The summed E-state index contributed by atoms with van der Waals surface area (Å²) in [6.07, 6.45) is 5.24. The van der Waals surface area contributed by atoms with Crippen LogP contribution in [0.5, 0.6) is 11.5 Å². The summed E-state index contributed by atoms with van der Waals surface area (Å²) in [5, 5.41) is 0.401. The van der Waals surface area contributed by atoms with E-state index in [1.54, 1.807) is 33.4 Å². The highest BCUT2D eigenvalue weighted by Gasteiger charge is 2.28. The van der Waals surface area contributed by atoms with Gasteiger partial charge in [-0.3, -0.25) is 4.79 Å². The number of benzene rings is 2. The number of hydrogen-bond donors (Lipinski definition) is 2. The first-order chi connectivity index (χ1) is 19.3. The Labute approximate surface area is 230 Å². The second-order valence-corrected chi connectivity index (χ2v) is 9.37. The summed E-state index contributed by atoms with van der Waals surface area (Å²) >= 11 is 0. The molecule has 0 atom stereocenters. The number of nitrogens with zero attached hydrogens (tertiary/aromatic N) is 3. The second-order valence-electron chi connectivity index (χ2n) is 9.37. The van der Waals surface area contributed by atoms with E-state index >= 15 is 0 Å². The van der Waals surface area contributed by atoms with Crippen molar-refractivity contribution in [3.05, 3.63) is 80.8 Å². The minimum Gasteiger partial charge on any atom is -0.493 e. The molecule has 0 spiro atoms. The van der Waals surface area contributed by atoms with Crippen molar-refractivity contribution in [2.45, 2.75) is 32.2 Å². The molecule has 0 aliphatic heterocycles. The Kier molecular flexibility index (Phi) is 7.29. The van der Waals surface area contributed by atoms with Crippen molar-refractivity contribution >= 4 is 28.6 Å². The summed E-state index contributed by atoms with van der Waals surface area (Å²) in [5.74, 6) is 7.10. The Bertz CT molecular complexity index is 1750. The molecule has 0 amide bonds. The Balaban J connectivity index is 1.75. The van der Waals surface area contributed by atoms with Gasteiger partial charge in [-0.2, -0.15) is 4.98 Å². The SMILES string of the molecule is CCOC(=O)c1cn(C2CC2)c2cc(C#Cc3cccc(OC)c3OC)cc(Cc3cnc(N)nc3N)c2c1=O. The molecule has 10 nitrogen and oxygen atoms in total. The van der Waals surface area contributed by atoms with E-state index in [2.05, 4.69) is 21.8 Å². The van der Waals surface area contributed by atoms with Gasteiger partial charge in [0.15, 0.2) is 11.5 Å². The zero-order valence-corrected chi connectivity index (χ0v) is 22.5. The smallest absolute Gasteiger partial charge is 0.343 e. The molecule has 2 aromatic carbocycles. The van der Waals surface area contributed by atoms with Gasteiger partial charge in [0.25, 0.3) is 0 Å². The number of nitrogen functional groups attached to an aromatic ring is 2. The normalized spacial score (nSPS) is 12.5. The molecule has 4 N–H and O–H groups in total. The molecular weight excluding hydrogens is 510 g/mol. The Morgan fingerprint density at radius 3 is 2.60 bits per heavy atom. The molecule has 0 radical (unpaired) electrons. The number of carbonyl (C=O) groups excluding carboxylic acids is 1. The first-order valence-corrected chi connectivity index (χ1v) is 12.8. The van der Waals surface area contributed by atoms with E-state index < -0.39 is 11.4 Å². The number of para-hydroxylation sites is 1. The first-order valence-electron chi connectivity index (χ1n) is 12.8. The van der Waals surface area contributed by atoms with E-state index in [9.17, 15) is 9.59 Å². The minimum absolute atomic E-state index is 0.0102. The van der Waals surface area contributed by atoms with Gasteiger partial charge in [-0.25, -0.2) is 9.78 Å². The predicted molar refractivity (Wildman–Crippen MR) is 152 cm³/mol. The number of fused-ring (bicyclic) bond motifs is 1. The molecule has 0 unspecified atom stereocenters. The lowest BCUT2D eigenvalue weighted by Crippen LogP contribution is -2.22. The molecule has 5 rings (SSSR count). The van der Waals surface area contributed by atoms with Crippen LogP contribution in [0.25, 0.3) is 10.9 Å². The van der Waals surface area contributed by atoms with Crippen molar-refractivity contribution in [2.75, 3.05) is 32.3 Å². The number of carbonyl (C=O) groups is 1. The highest BCUT2D eigenvalue weighted by atomic mass is 16.5. The maximum absolute atomic E-state index is 13.8. The molecule has 204 valence electrons. The standard InChI is InChI=1S/C30H29N5O5/c1-4-40-29(37)22-16-35(21-10-11-21)23-13-17(8-9-18-6-5-7-24(38-2)27(18)39-3)12-19(25(23)26(22)36)14-20-15-33-30(32)34-28(20)31/h5-7,12-13,15-16,21H,4,10-11,14H2,1-3H3,(H4,31,32,33,34). The summed E-state index contributed by atoms with van der Waals surface area (Å²) in [6.45, 7) is 1.87. The van der Waals surface area contributed by atoms with Crippen LogP contribution in [0, 0.1) is 11.8 Å². The van der Waals surface area contributed by atoms with E-state index in [1.165, 1.54) is 6.20 Å². The average molecular weight is 540 g/mol. The fourth-order valence-electron chi connectivity index (χ4n) is 4.67. The van der Waals surface area contributed by atoms with Crippen LogP contribution in [0.4, 0.5) is 11.8 Å². The van der Waals surface area contributed by atoms with Crippen LogP contribution in [0.1, 0.15) is 58.4 Å². The lowest BCUT2D eigenvalue weighted by Gasteiger charge is -2.16. The van der Waals surface area contributed by atoms with E-state index in [-0.39, 0.29) is 36.4 Å². The first kappa shape index (κ1) is 26.6. The van der Waals surface area contributed by atoms with Gasteiger partial charge in [-0.1, -0.05) is 17.9 Å². The highest BCUT2D eigenvalue weighted by molar-refractivity contribution is 5.95. The Morgan fingerprint density at radius 1 is 1.12 bits per heavy atom. The zero-order chi connectivity index (χ0) is 28.4. The molecule has 2 heterocycles. The van der Waals surface area contributed by atoms with Gasteiger partial charge in [0.05, 0.1) is 37.3 Å². The van der Waals surface area contributed by atoms with Crippen LogP contribution >= 0.6 is 0 Å². The van der Waals surface area contributed by atoms with Gasteiger partial charge in [0, 0.05) is 36.0 Å². The quantitative estimate of drug-likeness (QED) is 0.266. The molecule has 1 aliphatic carbocycles. The number of rotatable bonds is 7. The number of hydrogen-bond acceptors (Lipinski definition) is 9. The van der Waals surface area contributed by atoms with Crippen LogP contribution in [-0.4, -0.2) is 41.3 Å². The van der Waals surface area contributed by atoms with E-state index in [4.69, 9.17) is 25.7 Å². The summed E-state index contributed by atoms with van der Waals surface area (Å²) in [4.78, 5) is 34.7. The Morgan fingerprint density at radius 2 is 1.93 bits per heavy atom. The maximum atomic E-state index is 13.8. The zero-order valence-electron chi connectivity index (χ0n) is 22.5. The van der Waals surface area contributed by atoms with Gasteiger partial charge < -0.3 is 30.2 Å². The maximum Gasteiger partial charge on any atom is 0.343 e. The number of esters is 1. The third-order valence-electron chi connectivity index (χ3n) is 6.69. The summed E-state index contributed by atoms with van der Waals surface area (Å²) in [6, 6.07) is 9.33. The van der Waals surface area contributed by atoms with Crippen molar-refractivity contribution < 1.29 is 19.0 Å². The van der Waals surface area contributed by atoms with E-state index in [1.807, 2.05) is 28.8 Å². The van der Waals surface area contributed by atoms with E-state index in [0.717, 1.165) is 12.8 Å². The number of anilines is 2. The number of ether oxygens (including phenoxy) is 3. The second kappa shape index (κ2) is 11.0. The highest BCUT2D eigenvalue weighted by Crippen LogP contribution is 2.38. The largest absolute Gasteiger partial charge is 0.493 e. The monoisotopic (exact) mass is 539 g/mol. The number of aromatic nitrogens is 3. The average Bonchev–Trinajstić information content (AvgIpc) is 3.78. The lowest BCUT2D eigenvalue weighted by atomic mass is 9.97.